The molecule has 2 amide bonds. The van der Waals surface area contributed by atoms with Gasteiger partial charge in [-0.05, 0) is 67.4 Å². The number of carbonyl (C=O) groups is 2. The largest absolute Gasteiger partial charge is 0.457 e. The number of para-hydroxylation sites is 1. The third-order valence-corrected chi connectivity index (χ3v) is 5.17. The van der Waals surface area contributed by atoms with Gasteiger partial charge in [-0.3, -0.25) is 9.59 Å². The number of amides is 2. The molecule has 1 unspecified atom stereocenters. The first kappa shape index (κ1) is 21.9. The molecule has 1 atom stereocenters. The Morgan fingerprint density at radius 1 is 1.00 bits per heavy atom. The van der Waals surface area contributed by atoms with Gasteiger partial charge in [-0.15, -0.1) is 0 Å². The molecule has 1 aliphatic rings. The number of anilines is 1. The van der Waals surface area contributed by atoms with Crippen LogP contribution in [0.4, 0.5) is 5.82 Å². The van der Waals surface area contributed by atoms with Crippen molar-refractivity contribution in [3.05, 3.63) is 84.9 Å². The van der Waals surface area contributed by atoms with Gasteiger partial charge in [-0.25, -0.2) is 0 Å². The summed E-state index contributed by atoms with van der Waals surface area (Å²) in [6.07, 6.45) is 2.68. The minimum Gasteiger partial charge on any atom is -0.457 e. The Morgan fingerprint density at radius 3 is 2.33 bits per heavy atom. The van der Waals surface area contributed by atoms with Crippen molar-refractivity contribution >= 4 is 17.6 Å². The molecule has 0 spiro atoms. The average molecular weight is 444 g/mol. The van der Waals surface area contributed by atoms with Crippen molar-refractivity contribution in [3.63, 3.8) is 0 Å². The summed E-state index contributed by atoms with van der Waals surface area (Å²) in [5.41, 5.74) is 5.69. The van der Waals surface area contributed by atoms with E-state index in [1.165, 1.54) is 6.08 Å². The number of benzene rings is 2. The highest BCUT2D eigenvalue weighted by atomic mass is 16.5. The summed E-state index contributed by atoms with van der Waals surface area (Å²) in [6, 6.07) is 19.7. The maximum atomic E-state index is 12.0. The molecular formula is C25H24N4O4. The molecule has 4 rings (SSSR count). The molecule has 168 valence electrons. The van der Waals surface area contributed by atoms with E-state index in [1.54, 1.807) is 36.4 Å². The second-order valence-electron chi connectivity index (χ2n) is 7.44. The van der Waals surface area contributed by atoms with Crippen LogP contribution in [0.15, 0.2) is 79.4 Å². The van der Waals surface area contributed by atoms with Crippen molar-refractivity contribution in [2.75, 3.05) is 11.4 Å². The summed E-state index contributed by atoms with van der Waals surface area (Å²) in [5, 5.41) is 2.89. The Balaban J connectivity index is 1.54. The number of hydrogen-bond acceptors (Lipinski definition) is 6. The van der Waals surface area contributed by atoms with Gasteiger partial charge in [0.25, 0.3) is 5.91 Å². The Kier molecular flexibility index (Phi) is 6.54. The third kappa shape index (κ3) is 5.30. The molecule has 0 saturated carbocycles. The van der Waals surface area contributed by atoms with Crippen LogP contribution in [0.5, 0.6) is 23.1 Å². The van der Waals surface area contributed by atoms with Gasteiger partial charge in [0.2, 0.25) is 11.8 Å². The second-order valence-corrected chi connectivity index (χ2v) is 7.44. The summed E-state index contributed by atoms with van der Waals surface area (Å²) in [5.74, 6) is 1.60. The molecular weight excluding hydrogens is 420 g/mol. The first-order valence-electron chi connectivity index (χ1n) is 10.5. The Morgan fingerprint density at radius 2 is 1.67 bits per heavy atom. The van der Waals surface area contributed by atoms with Crippen LogP contribution >= 0.6 is 0 Å². The first-order valence-corrected chi connectivity index (χ1v) is 10.5. The maximum absolute atomic E-state index is 12.0. The fraction of sp³-hybridized carbons (Fsp3) is 0.160. The quantitative estimate of drug-likeness (QED) is 0.509. The van der Waals surface area contributed by atoms with Gasteiger partial charge in [-0.1, -0.05) is 24.8 Å². The molecule has 33 heavy (non-hydrogen) atoms. The van der Waals surface area contributed by atoms with Crippen LogP contribution in [0.25, 0.3) is 0 Å². The number of aromatic nitrogens is 1. The predicted octanol–water partition coefficient (Wildman–Crippen LogP) is 3.99. The minimum atomic E-state index is -0.647. The molecule has 3 aromatic rings. The van der Waals surface area contributed by atoms with Crippen LogP contribution in [0, 0.1) is 0 Å². The smallest absolute Gasteiger partial charge is 0.254 e. The Bertz CT molecular complexity index is 1150. The summed E-state index contributed by atoms with van der Waals surface area (Å²) in [6.45, 7) is 4.20. The zero-order chi connectivity index (χ0) is 23.2. The average Bonchev–Trinajstić information content (AvgIpc) is 3.28. The molecule has 0 radical (unpaired) electrons. The van der Waals surface area contributed by atoms with Gasteiger partial charge in [-0.2, -0.15) is 4.98 Å². The van der Waals surface area contributed by atoms with Crippen LogP contribution in [0.2, 0.25) is 0 Å². The Hall–Kier alpha value is -4.33. The third-order valence-electron chi connectivity index (χ3n) is 5.17. The lowest BCUT2D eigenvalue weighted by Crippen LogP contribution is -2.44. The van der Waals surface area contributed by atoms with Crippen LogP contribution in [-0.2, 0) is 4.79 Å². The molecule has 8 heteroatoms. The van der Waals surface area contributed by atoms with Gasteiger partial charge in [0.1, 0.15) is 34.8 Å². The maximum Gasteiger partial charge on any atom is 0.254 e. The summed E-state index contributed by atoms with van der Waals surface area (Å²) in [7, 11) is 0. The monoisotopic (exact) mass is 444 g/mol. The van der Waals surface area contributed by atoms with E-state index in [4.69, 9.17) is 15.2 Å². The van der Waals surface area contributed by atoms with E-state index in [0.29, 0.717) is 23.9 Å². The van der Waals surface area contributed by atoms with E-state index in [-0.39, 0.29) is 23.5 Å². The van der Waals surface area contributed by atoms with Crippen molar-refractivity contribution in [1.82, 2.24) is 10.3 Å². The Labute approximate surface area is 191 Å². The van der Waals surface area contributed by atoms with E-state index < -0.39 is 5.91 Å². The highest BCUT2D eigenvalue weighted by Crippen LogP contribution is 2.31. The van der Waals surface area contributed by atoms with E-state index in [1.807, 2.05) is 35.2 Å². The summed E-state index contributed by atoms with van der Waals surface area (Å²) >= 11 is 0. The number of ether oxygens (including phenoxy) is 2. The van der Waals surface area contributed by atoms with Crippen LogP contribution in [0.3, 0.4) is 0 Å². The number of hydrogen-bond donors (Lipinski definition) is 2. The van der Waals surface area contributed by atoms with Crippen molar-refractivity contribution < 1.29 is 19.1 Å². The van der Waals surface area contributed by atoms with Crippen molar-refractivity contribution in [3.8, 4) is 23.1 Å². The molecule has 3 N–H and O–H groups in total. The van der Waals surface area contributed by atoms with Crippen molar-refractivity contribution in [2.24, 2.45) is 5.73 Å². The number of rotatable bonds is 8. The number of nitrogens with two attached hydrogens (primary N) is 1. The number of nitrogens with one attached hydrogen (secondary N) is 1. The first-order chi connectivity index (χ1) is 16.0. The topological polar surface area (TPSA) is 107 Å². The van der Waals surface area contributed by atoms with Crippen molar-refractivity contribution in [2.45, 2.75) is 19.0 Å². The van der Waals surface area contributed by atoms with Crippen molar-refractivity contribution in [1.29, 1.82) is 0 Å². The molecule has 1 aromatic heterocycles. The fourth-order valence-electron chi connectivity index (χ4n) is 3.58. The van der Waals surface area contributed by atoms with E-state index in [0.717, 1.165) is 18.6 Å². The molecule has 1 saturated heterocycles. The van der Waals surface area contributed by atoms with Crippen LogP contribution in [0.1, 0.15) is 23.2 Å². The highest BCUT2D eigenvalue weighted by molar-refractivity contribution is 5.95. The van der Waals surface area contributed by atoms with Gasteiger partial charge >= 0.3 is 0 Å². The van der Waals surface area contributed by atoms with Gasteiger partial charge in [0.05, 0.1) is 0 Å². The molecule has 0 aliphatic carbocycles. The standard InChI is InChI=1S/C25H24N4O4/c1-2-23(30)27-21-9-6-16-29(21)22-15-14-20(24(26)31)25(28-22)33-19-12-10-18(11-13-19)32-17-7-4-3-5-8-17/h2-5,7-8,10-15,21H,1,6,9,16H2,(H2,26,31)(H,27,30). The van der Waals surface area contributed by atoms with Gasteiger partial charge < -0.3 is 25.4 Å². The second kappa shape index (κ2) is 9.86. The SMILES string of the molecule is C=CC(=O)NC1CCCN1c1ccc(C(N)=O)c(Oc2ccc(Oc3ccccc3)cc2)n1. The molecule has 8 nitrogen and oxygen atoms in total. The predicted molar refractivity (Wildman–Crippen MR) is 124 cm³/mol. The minimum absolute atomic E-state index is 0.0948. The highest BCUT2D eigenvalue weighted by Gasteiger charge is 2.27. The zero-order valence-corrected chi connectivity index (χ0v) is 17.9. The molecule has 0 bridgehead atoms. The molecule has 1 fully saturated rings. The lowest BCUT2D eigenvalue weighted by molar-refractivity contribution is -0.117. The summed E-state index contributed by atoms with van der Waals surface area (Å²) < 4.78 is 11.7. The number of nitrogens with zero attached hydrogens (tertiary/aromatic N) is 2. The number of carbonyl (C=O) groups excluding carboxylic acids is 2. The molecule has 2 aromatic carbocycles. The summed E-state index contributed by atoms with van der Waals surface area (Å²) in [4.78, 5) is 30.2. The van der Waals surface area contributed by atoms with Gasteiger partial charge in [0.15, 0.2) is 0 Å². The fourth-order valence-corrected chi connectivity index (χ4v) is 3.58. The normalized spacial score (nSPS) is 15.0. The lowest BCUT2D eigenvalue weighted by Gasteiger charge is -2.26. The number of primary amides is 1. The van der Waals surface area contributed by atoms with E-state index in [2.05, 4.69) is 16.9 Å². The molecule has 2 heterocycles. The molecule has 1 aliphatic heterocycles. The number of pyridine rings is 1. The van der Waals surface area contributed by atoms with Crippen LogP contribution in [-0.4, -0.2) is 29.5 Å². The zero-order valence-electron chi connectivity index (χ0n) is 17.9. The van der Waals surface area contributed by atoms with Crippen LogP contribution < -0.4 is 25.4 Å². The lowest BCUT2D eigenvalue weighted by atomic mass is 10.2. The van der Waals surface area contributed by atoms with Gasteiger partial charge in [0, 0.05) is 6.54 Å². The van der Waals surface area contributed by atoms with E-state index in [9.17, 15) is 9.59 Å². The van der Waals surface area contributed by atoms with E-state index >= 15 is 0 Å².